The second-order valence-corrected chi connectivity index (χ2v) is 10.2. The minimum atomic E-state index is -4.97. The maximum atomic E-state index is 13.2. The van der Waals surface area contributed by atoms with Crippen LogP contribution < -0.4 is 10.6 Å². The Balaban J connectivity index is 1.73. The number of nitrogens with one attached hydrogen (secondary N) is 2. The van der Waals surface area contributed by atoms with Crippen LogP contribution in [-0.4, -0.2) is 19.0 Å². The van der Waals surface area contributed by atoms with E-state index < -0.39 is 41.8 Å². The van der Waals surface area contributed by atoms with E-state index in [9.17, 15) is 31.1 Å². The van der Waals surface area contributed by atoms with E-state index in [1.807, 2.05) is 0 Å². The second kappa shape index (κ2) is 12.7. The molecule has 2 aromatic carbocycles. The molecular weight excluding hydrogens is 541 g/mol. The van der Waals surface area contributed by atoms with Crippen molar-refractivity contribution in [2.75, 3.05) is 13.1 Å². The average Bonchev–Trinajstić information content (AvgIpc) is 2.84. The number of hydrogen-bond donors (Lipinski definition) is 2. The summed E-state index contributed by atoms with van der Waals surface area (Å²) in [6, 6.07) is 5.98. The number of rotatable bonds is 9. The number of halogens is 8. The van der Waals surface area contributed by atoms with Crippen molar-refractivity contribution in [3.63, 3.8) is 0 Å². The lowest BCUT2D eigenvalue weighted by molar-refractivity contribution is -0.143. The molecule has 1 fully saturated rings. The largest absolute Gasteiger partial charge is 0.416 e. The predicted molar refractivity (Wildman–Crippen MR) is 132 cm³/mol. The van der Waals surface area contributed by atoms with Crippen LogP contribution in [0, 0.1) is 5.92 Å². The molecule has 0 bridgehead atoms. The Bertz CT molecular complexity index is 1040. The summed E-state index contributed by atoms with van der Waals surface area (Å²) in [6.07, 6.45) is -3.63. The van der Waals surface area contributed by atoms with Crippen LogP contribution in [0.1, 0.15) is 66.7 Å². The molecule has 1 aliphatic rings. The molecule has 204 valence electrons. The van der Waals surface area contributed by atoms with Gasteiger partial charge in [-0.1, -0.05) is 48.5 Å². The van der Waals surface area contributed by atoms with Gasteiger partial charge in [0.15, 0.2) is 0 Å². The van der Waals surface area contributed by atoms with E-state index in [1.165, 1.54) is 25.3 Å². The van der Waals surface area contributed by atoms with Gasteiger partial charge in [-0.25, -0.2) is 0 Å². The van der Waals surface area contributed by atoms with Crippen molar-refractivity contribution in [1.29, 1.82) is 0 Å². The zero-order chi connectivity index (χ0) is 27.2. The highest BCUT2D eigenvalue weighted by Crippen LogP contribution is 2.36. The zero-order valence-corrected chi connectivity index (χ0v) is 21.4. The topological polar surface area (TPSA) is 41.1 Å². The second-order valence-electron chi connectivity index (χ2n) is 9.35. The van der Waals surface area contributed by atoms with E-state index in [4.69, 9.17) is 23.2 Å². The predicted octanol–water partition coefficient (Wildman–Crippen LogP) is 7.99. The van der Waals surface area contributed by atoms with Crippen LogP contribution in [0.25, 0.3) is 0 Å². The minimum Gasteiger partial charge on any atom is -0.351 e. The molecule has 2 N–H and O–H groups in total. The third-order valence-corrected chi connectivity index (χ3v) is 7.28. The fourth-order valence-corrected chi connectivity index (χ4v) is 4.86. The third kappa shape index (κ3) is 8.79. The Kier molecular flexibility index (Phi) is 10.2. The van der Waals surface area contributed by atoms with Crippen LogP contribution in [-0.2, 0) is 23.7 Å². The average molecular weight is 569 g/mol. The van der Waals surface area contributed by atoms with Crippen molar-refractivity contribution in [1.82, 2.24) is 10.6 Å². The fourth-order valence-electron chi connectivity index (χ4n) is 4.56. The molecule has 0 unspecified atom stereocenters. The molecule has 3 rings (SSSR count). The van der Waals surface area contributed by atoms with Crippen molar-refractivity contribution >= 4 is 29.1 Å². The Morgan fingerprint density at radius 1 is 0.892 bits per heavy atom. The van der Waals surface area contributed by atoms with Gasteiger partial charge in [-0.05, 0) is 79.7 Å². The van der Waals surface area contributed by atoms with Crippen LogP contribution in [0.2, 0.25) is 10.0 Å². The maximum absolute atomic E-state index is 13.2. The van der Waals surface area contributed by atoms with Gasteiger partial charge >= 0.3 is 12.4 Å². The fraction of sp³-hybridized carbons (Fsp3) is 0.500. The molecule has 0 spiro atoms. The van der Waals surface area contributed by atoms with Gasteiger partial charge in [-0.3, -0.25) is 4.79 Å². The normalized spacial score (nSPS) is 16.0. The monoisotopic (exact) mass is 568 g/mol. The Morgan fingerprint density at radius 2 is 1.51 bits per heavy atom. The lowest BCUT2D eigenvalue weighted by Gasteiger charge is -2.23. The lowest BCUT2D eigenvalue weighted by atomic mass is 9.89. The van der Waals surface area contributed by atoms with E-state index in [0.717, 1.165) is 19.4 Å². The molecule has 37 heavy (non-hydrogen) atoms. The Hall–Kier alpha value is -1.97. The molecule has 3 nitrogen and oxygen atoms in total. The van der Waals surface area contributed by atoms with Crippen LogP contribution in [0.15, 0.2) is 36.4 Å². The van der Waals surface area contributed by atoms with Crippen molar-refractivity contribution in [3.05, 3.63) is 68.7 Å². The van der Waals surface area contributed by atoms with Gasteiger partial charge in [0.25, 0.3) is 0 Å². The lowest BCUT2D eigenvalue weighted by Crippen LogP contribution is -2.32. The smallest absolute Gasteiger partial charge is 0.351 e. The number of alkyl halides is 6. The number of amides is 1. The van der Waals surface area contributed by atoms with E-state index >= 15 is 0 Å². The Labute approximate surface area is 221 Å². The highest BCUT2D eigenvalue weighted by molar-refractivity contribution is 6.42. The number of benzene rings is 2. The molecular formula is C26H28Cl2F6N2O. The van der Waals surface area contributed by atoms with Gasteiger partial charge in [-0.15, -0.1) is 0 Å². The van der Waals surface area contributed by atoms with Crippen molar-refractivity contribution in [3.8, 4) is 0 Å². The summed E-state index contributed by atoms with van der Waals surface area (Å²) < 4.78 is 79.1. The molecule has 0 aromatic heterocycles. The van der Waals surface area contributed by atoms with Crippen LogP contribution in [0.4, 0.5) is 26.3 Å². The van der Waals surface area contributed by atoms with E-state index in [0.29, 0.717) is 41.6 Å². The standard InChI is InChI=1S/C26H28Cl2F6N2O/c27-22-7-6-18(12-23(22)28)21(8-9-35-14-16-4-2-1-3-5-16)24(37)36-15-17-10-19(25(29,30)31)13-20(11-17)26(32,33)34/h6-7,10-13,16,21,35H,1-5,8-9,14-15H2,(H,36,37)/t21-/m0/s1. The first kappa shape index (κ1) is 29.6. The molecule has 1 amide bonds. The minimum absolute atomic E-state index is 0.0574. The molecule has 2 aromatic rings. The van der Waals surface area contributed by atoms with Gasteiger partial charge in [0.1, 0.15) is 0 Å². The summed E-state index contributed by atoms with van der Waals surface area (Å²) in [4.78, 5) is 13.1. The van der Waals surface area contributed by atoms with Crippen molar-refractivity contribution in [2.24, 2.45) is 5.92 Å². The maximum Gasteiger partial charge on any atom is 0.416 e. The summed E-state index contributed by atoms with van der Waals surface area (Å²) in [7, 11) is 0. The quantitative estimate of drug-likeness (QED) is 0.238. The summed E-state index contributed by atoms with van der Waals surface area (Å²) in [5.74, 6) is -0.694. The van der Waals surface area contributed by atoms with Gasteiger partial charge in [0.05, 0.1) is 27.1 Å². The number of hydrogen-bond acceptors (Lipinski definition) is 2. The first-order valence-electron chi connectivity index (χ1n) is 12.1. The van der Waals surface area contributed by atoms with Crippen molar-refractivity contribution < 1.29 is 31.1 Å². The molecule has 11 heteroatoms. The van der Waals surface area contributed by atoms with E-state index in [1.54, 1.807) is 12.1 Å². The van der Waals surface area contributed by atoms with Crippen LogP contribution in [0.3, 0.4) is 0 Å². The highest BCUT2D eigenvalue weighted by atomic mass is 35.5. The molecule has 1 aliphatic carbocycles. The number of carbonyl (C=O) groups is 1. The summed E-state index contributed by atoms with van der Waals surface area (Å²) in [6.45, 7) is 0.815. The molecule has 0 radical (unpaired) electrons. The molecule has 1 saturated carbocycles. The summed E-state index contributed by atoms with van der Waals surface area (Å²) in [5.41, 5.74) is -2.62. The van der Waals surface area contributed by atoms with Crippen LogP contribution >= 0.6 is 23.2 Å². The molecule has 0 heterocycles. The van der Waals surface area contributed by atoms with Crippen molar-refractivity contribution in [2.45, 2.75) is 63.3 Å². The third-order valence-electron chi connectivity index (χ3n) is 6.54. The summed E-state index contributed by atoms with van der Waals surface area (Å²) >= 11 is 12.1. The SMILES string of the molecule is O=C(NCc1cc(C(F)(F)F)cc(C(F)(F)F)c1)[C@@H](CCNCC1CCCCC1)c1ccc(Cl)c(Cl)c1. The van der Waals surface area contributed by atoms with Crippen LogP contribution in [0.5, 0.6) is 0 Å². The zero-order valence-electron chi connectivity index (χ0n) is 19.9. The molecule has 1 atom stereocenters. The van der Waals surface area contributed by atoms with Gasteiger partial charge < -0.3 is 10.6 Å². The number of carbonyl (C=O) groups excluding carboxylic acids is 1. The molecule has 0 aliphatic heterocycles. The first-order chi connectivity index (χ1) is 17.3. The van der Waals surface area contributed by atoms with Gasteiger partial charge in [0.2, 0.25) is 5.91 Å². The van der Waals surface area contributed by atoms with Gasteiger partial charge in [0, 0.05) is 6.54 Å². The van der Waals surface area contributed by atoms with E-state index in [-0.39, 0.29) is 16.7 Å². The Morgan fingerprint density at radius 3 is 2.08 bits per heavy atom. The van der Waals surface area contributed by atoms with Gasteiger partial charge in [-0.2, -0.15) is 26.3 Å². The summed E-state index contributed by atoms with van der Waals surface area (Å²) in [5, 5.41) is 6.40. The van der Waals surface area contributed by atoms with E-state index in [2.05, 4.69) is 10.6 Å². The highest BCUT2D eigenvalue weighted by Gasteiger charge is 2.37. The first-order valence-corrected chi connectivity index (χ1v) is 12.8. The molecule has 0 saturated heterocycles.